The van der Waals surface area contributed by atoms with Crippen molar-refractivity contribution in [3.05, 3.63) is 64.0 Å². The number of esters is 1. The van der Waals surface area contributed by atoms with E-state index < -0.39 is 24.3 Å². The van der Waals surface area contributed by atoms with E-state index in [9.17, 15) is 14.9 Å². The molecule has 276 valence electrons. The van der Waals surface area contributed by atoms with Gasteiger partial charge in [0.15, 0.2) is 0 Å². The Labute approximate surface area is 298 Å². The van der Waals surface area contributed by atoms with E-state index in [1.807, 2.05) is 4.90 Å². The molecule has 0 radical (unpaired) electrons. The Kier molecular flexibility index (Phi) is 13.2. The summed E-state index contributed by atoms with van der Waals surface area (Å²) in [6.45, 7) is 14.5. The van der Waals surface area contributed by atoms with E-state index in [0.29, 0.717) is 34.9 Å². The molecule has 1 aliphatic heterocycles. The Balaban J connectivity index is 1.55. The topological polar surface area (TPSA) is 121 Å². The van der Waals surface area contributed by atoms with Crippen molar-refractivity contribution in [3.63, 3.8) is 0 Å². The number of hydrogen-bond acceptors (Lipinski definition) is 9. The molecule has 50 heavy (non-hydrogen) atoms. The summed E-state index contributed by atoms with van der Waals surface area (Å²) in [6, 6.07) is 7.92. The van der Waals surface area contributed by atoms with E-state index in [0.717, 1.165) is 77.3 Å². The van der Waals surface area contributed by atoms with Gasteiger partial charge < -0.3 is 18.7 Å². The minimum Gasteiger partial charge on any atom is -0.441 e. The van der Waals surface area contributed by atoms with E-state index in [2.05, 4.69) is 46.5 Å². The molecule has 1 aromatic heterocycles. The third kappa shape index (κ3) is 9.34. The number of carbonyl (C=O) groups excluding carboxylic acids is 1. The van der Waals surface area contributed by atoms with Gasteiger partial charge in [0.05, 0.1) is 22.7 Å². The first kappa shape index (κ1) is 38.4. The Hall–Kier alpha value is -2.81. The first-order chi connectivity index (χ1) is 23.9. The van der Waals surface area contributed by atoms with Crippen molar-refractivity contribution < 1.29 is 28.1 Å². The quantitative estimate of drug-likeness (QED) is 0.0916. The van der Waals surface area contributed by atoms with Gasteiger partial charge in [-0.2, -0.15) is 0 Å². The third-order valence-corrected chi connectivity index (χ3v) is 13.4. The van der Waals surface area contributed by atoms with E-state index >= 15 is 4.57 Å². The maximum absolute atomic E-state index is 15.8. The average Bonchev–Trinajstić information content (AvgIpc) is 3.36. The van der Waals surface area contributed by atoms with E-state index in [1.165, 1.54) is 12.3 Å². The molecule has 0 amide bonds. The van der Waals surface area contributed by atoms with Gasteiger partial charge >= 0.3 is 13.6 Å². The van der Waals surface area contributed by atoms with Gasteiger partial charge in [-0.05, 0) is 92.2 Å². The second-order valence-electron chi connectivity index (χ2n) is 15.9. The van der Waals surface area contributed by atoms with Crippen LogP contribution in [-0.4, -0.2) is 41.2 Å². The maximum Gasteiger partial charge on any atom is 0.376 e. The lowest BCUT2D eigenvalue weighted by Gasteiger charge is -2.43. The minimum absolute atomic E-state index is 0.00778. The number of nitro benzene ring substituents is 1. The van der Waals surface area contributed by atoms with Crippen LogP contribution in [0.4, 0.5) is 11.4 Å². The lowest BCUT2D eigenvalue weighted by Crippen LogP contribution is -2.37. The molecule has 1 aromatic carbocycles. The Morgan fingerprint density at radius 2 is 1.48 bits per heavy atom. The van der Waals surface area contributed by atoms with Gasteiger partial charge in [-0.1, -0.05) is 73.3 Å². The van der Waals surface area contributed by atoms with Crippen LogP contribution in [0.1, 0.15) is 128 Å². The molecule has 7 atom stereocenters. The van der Waals surface area contributed by atoms with Gasteiger partial charge in [-0.25, -0.2) is 4.79 Å². The highest BCUT2D eigenvalue weighted by Crippen LogP contribution is 2.66. The summed E-state index contributed by atoms with van der Waals surface area (Å²) in [5, 5.41) is 12.3. The number of nitrogens with zero attached hydrogens (tertiary/aromatic N) is 3. The molecule has 3 aliphatic rings. The van der Waals surface area contributed by atoms with Crippen LogP contribution in [0.5, 0.6) is 0 Å². The minimum atomic E-state index is -4.26. The summed E-state index contributed by atoms with van der Waals surface area (Å²) in [5.41, 5.74) is 0.747. The monoisotopic (exact) mass is 711 g/mol. The van der Waals surface area contributed by atoms with Crippen molar-refractivity contribution in [2.45, 2.75) is 124 Å². The third-order valence-electron chi connectivity index (χ3n) is 11.3. The predicted molar refractivity (Wildman–Crippen MR) is 196 cm³/mol. The second-order valence-corrected chi connectivity index (χ2v) is 17.9. The van der Waals surface area contributed by atoms with Crippen molar-refractivity contribution in [2.75, 3.05) is 18.0 Å². The summed E-state index contributed by atoms with van der Waals surface area (Å²) in [5.74, 6) is -0.575. The molecule has 2 saturated carbocycles. The summed E-state index contributed by atoms with van der Waals surface area (Å²) < 4.78 is 35.7. The zero-order valence-corrected chi connectivity index (χ0v) is 31.8. The molecule has 1 saturated heterocycles. The highest BCUT2D eigenvalue weighted by molar-refractivity contribution is 7.54. The summed E-state index contributed by atoms with van der Waals surface area (Å²) in [4.78, 5) is 32.3. The maximum atomic E-state index is 15.8. The first-order valence-corrected chi connectivity index (χ1v) is 20.6. The van der Waals surface area contributed by atoms with Crippen LogP contribution in [-0.2, 0) is 18.3 Å². The highest BCUT2D eigenvalue weighted by atomic mass is 31.2. The van der Waals surface area contributed by atoms with Gasteiger partial charge in [0.1, 0.15) is 5.69 Å². The Morgan fingerprint density at radius 1 is 0.900 bits per heavy atom. The molecule has 2 aromatic rings. The molecule has 3 fully saturated rings. The summed E-state index contributed by atoms with van der Waals surface area (Å²) in [7, 11) is -4.26. The Morgan fingerprint density at radius 3 is 1.98 bits per heavy atom. The van der Waals surface area contributed by atoms with Gasteiger partial charge in [0, 0.05) is 37.1 Å². The molecule has 0 spiro atoms. The molecule has 0 N–H and O–H groups in total. The van der Waals surface area contributed by atoms with Gasteiger partial charge in [-0.3, -0.25) is 19.7 Å². The van der Waals surface area contributed by atoms with Crippen LogP contribution in [0.15, 0.2) is 42.7 Å². The lowest BCUT2D eigenvalue weighted by molar-refractivity contribution is -0.384. The van der Waals surface area contributed by atoms with Crippen molar-refractivity contribution in [1.82, 2.24) is 4.98 Å². The zero-order chi connectivity index (χ0) is 36.0. The number of ether oxygens (including phenoxy) is 1. The number of carbonyl (C=O) groups is 1. The first-order valence-electron chi connectivity index (χ1n) is 19.0. The SMILES string of the molecule is CC(C)[C@H]1CC[C@@H](C)C[C@H]1OP(=O)(O[C@@H]1C[C@H](C)CC[C@@H]1C(C)C)[C@@H](OC(=O)c1ccc(N2CCCCCC2)c([N+](=O)[O-])c1)c1cccnc1. The number of benzene rings is 1. The number of rotatable bonds is 12. The lowest BCUT2D eigenvalue weighted by atomic mass is 9.75. The molecular formula is C39H58N3O7P. The van der Waals surface area contributed by atoms with Crippen molar-refractivity contribution in [1.29, 1.82) is 0 Å². The van der Waals surface area contributed by atoms with Crippen LogP contribution >= 0.6 is 7.60 Å². The van der Waals surface area contributed by atoms with Crippen molar-refractivity contribution >= 4 is 24.9 Å². The Bertz CT molecular complexity index is 1440. The molecule has 10 nitrogen and oxygen atoms in total. The summed E-state index contributed by atoms with van der Waals surface area (Å²) >= 11 is 0. The fourth-order valence-corrected chi connectivity index (χ4v) is 10.6. The number of aromatic nitrogens is 1. The number of hydrogen-bond donors (Lipinski definition) is 0. The molecule has 0 unspecified atom stereocenters. The molecule has 5 rings (SSSR count). The van der Waals surface area contributed by atoms with Gasteiger partial charge in [-0.15, -0.1) is 0 Å². The van der Waals surface area contributed by atoms with Crippen LogP contribution in [0.25, 0.3) is 0 Å². The van der Waals surface area contributed by atoms with Gasteiger partial charge in [0.25, 0.3) is 5.69 Å². The predicted octanol–water partition coefficient (Wildman–Crippen LogP) is 10.4. The van der Waals surface area contributed by atoms with E-state index in [4.69, 9.17) is 13.8 Å². The number of anilines is 1. The van der Waals surface area contributed by atoms with Crippen molar-refractivity contribution in [2.24, 2.45) is 35.5 Å². The number of pyridine rings is 1. The fourth-order valence-electron chi connectivity index (χ4n) is 8.37. The van der Waals surface area contributed by atoms with E-state index in [1.54, 1.807) is 30.5 Å². The second kappa shape index (κ2) is 17.1. The van der Waals surface area contributed by atoms with Crippen LogP contribution in [0.2, 0.25) is 0 Å². The van der Waals surface area contributed by atoms with Crippen LogP contribution < -0.4 is 4.90 Å². The van der Waals surface area contributed by atoms with Crippen LogP contribution in [0.3, 0.4) is 0 Å². The van der Waals surface area contributed by atoms with Gasteiger partial charge in [0.2, 0.25) is 5.85 Å². The fraction of sp³-hybridized carbons (Fsp3) is 0.692. The summed E-state index contributed by atoms with van der Waals surface area (Å²) in [6.07, 6.45) is 12.0. The average molecular weight is 712 g/mol. The number of nitro groups is 1. The molecule has 11 heteroatoms. The molecule has 2 heterocycles. The highest BCUT2D eigenvalue weighted by Gasteiger charge is 2.49. The molecular weight excluding hydrogens is 653 g/mol. The smallest absolute Gasteiger partial charge is 0.376 e. The van der Waals surface area contributed by atoms with Crippen LogP contribution in [0, 0.1) is 45.6 Å². The molecule has 2 aliphatic carbocycles. The molecule has 0 bridgehead atoms. The standard InChI is InChI=1S/C39H58N3O7P/c1-26(2)32-16-13-28(5)22-36(32)48-50(46,49-37-23-29(6)14-17-33(37)27(3)4)39(31-12-11-19-40-25-31)47-38(43)30-15-18-34(35(24-30)42(44)45)41-20-9-7-8-10-21-41/h11-12,15,18-19,24-29,32-33,36-37,39H,7-10,13-14,16-17,20-23H2,1-6H3/t28-,29-,32-,33-,36-,37-,39-/m1/s1. The normalized spacial score (nSPS) is 27.2. The largest absolute Gasteiger partial charge is 0.441 e. The zero-order valence-electron chi connectivity index (χ0n) is 30.9. The van der Waals surface area contributed by atoms with E-state index in [-0.39, 0.29) is 35.3 Å². The van der Waals surface area contributed by atoms with Crippen molar-refractivity contribution in [3.8, 4) is 0 Å².